The number of hydrogen-bond donors (Lipinski definition) is 1. The van der Waals surface area contributed by atoms with E-state index in [0.29, 0.717) is 0 Å². The molecule has 14 heavy (non-hydrogen) atoms. The van der Waals surface area contributed by atoms with E-state index in [1.54, 1.807) is 6.08 Å². The number of nitrogens with two attached hydrogens (primary N) is 1. The Balaban J connectivity index is 2.56. The molecule has 0 spiro atoms. The third-order valence-electron chi connectivity index (χ3n) is 1.78. The minimum atomic E-state index is -1.32. The SMILES string of the molecule is C=CC=C[SiH](N)C=Cc1ccccc1. The molecular weight excluding hydrogens is 186 g/mol. The Hall–Kier alpha value is -1.38. The van der Waals surface area contributed by atoms with Gasteiger partial charge in [0, 0.05) is 0 Å². The Morgan fingerprint density at radius 1 is 1.14 bits per heavy atom. The fourth-order valence-corrected chi connectivity index (χ4v) is 2.04. The lowest BCUT2D eigenvalue weighted by Gasteiger charge is -1.95. The van der Waals surface area contributed by atoms with Crippen LogP contribution < -0.4 is 5.40 Å². The van der Waals surface area contributed by atoms with E-state index in [-0.39, 0.29) is 0 Å². The first-order valence-electron chi connectivity index (χ1n) is 4.61. The van der Waals surface area contributed by atoms with Gasteiger partial charge in [-0.25, -0.2) is 0 Å². The zero-order valence-corrected chi connectivity index (χ0v) is 9.29. The summed E-state index contributed by atoms with van der Waals surface area (Å²) >= 11 is 0. The molecule has 0 aliphatic carbocycles. The molecule has 0 aliphatic rings. The van der Waals surface area contributed by atoms with Crippen LogP contribution in [0.2, 0.25) is 0 Å². The Morgan fingerprint density at radius 2 is 1.86 bits per heavy atom. The maximum absolute atomic E-state index is 5.93. The van der Waals surface area contributed by atoms with Crippen molar-refractivity contribution in [3.8, 4) is 0 Å². The molecule has 0 saturated heterocycles. The average Bonchev–Trinajstić information content (AvgIpc) is 2.25. The number of hydrogen-bond acceptors (Lipinski definition) is 1. The molecule has 2 N–H and O–H groups in total. The molecule has 0 radical (unpaired) electrons. The highest BCUT2D eigenvalue weighted by atomic mass is 28.3. The van der Waals surface area contributed by atoms with Crippen LogP contribution in [0.15, 0.2) is 60.5 Å². The van der Waals surface area contributed by atoms with Crippen LogP contribution in [0.25, 0.3) is 6.08 Å². The second kappa shape index (κ2) is 6.13. The summed E-state index contributed by atoms with van der Waals surface area (Å²) < 4.78 is 0. The quantitative estimate of drug-likeness (QED) is 0.586. The molecule has 0 fully saturated rings. The Morgan fingerprint density at radius 3 is 2.50 bits per heavy atom. The fourth-order valence-electron chi connectivity index (χ4n) is 1.06. The van der Waals surface area contributed by atoms with Gasteiger partial charge in [-0.2, -0.15) is 0 Å². The molecule has 0 bridgehead atoms. The van der Waals surface area contributed by atoms with Gasteiger partial charge in [0.25, 0.3) is 0 Å². The molecule has 2 heteroatoms. The van der Waals surface area contributed by atoms with Crippen LogP contribution in [0, 0.1) is 0 Å². The van der Waals surface area contributed by atoms with Crippen LogP contribution in [0.3, 0.4) is 0 Å². The predicted molar refractivity (Wildman–Crippen MR) is 66.1 cm³/mol. The lowest BCUT2D eigenvalue weighted by Crippen LogP contribution is -2.19. The highest BCUT2D eigenvalue weighted by Gasteiger charge is 1.91. The molecule has 0 aliphatic heterocycles. The lowest BCUT2D eigenvalue weighted by molar-refractivity contribution is 1.66. The number of benzene rings is 1. The predicted octanol–water partition coefficient (Wildman–Crippen LogP) is 2.20. The third kappa shape index (κ3) is 4.03. The Bertz CT molecular complexity index is 327. The van der Waals surface area contributed by atoms with Crippen molar-refractivity contribution in [1.82, 2.24) is 0 Å². The van der Waals surface area contributed by atoms with Gasteiger partial charge in [-0.3, -0.25) is 0 Å². The van der Waals surface area contributed by atoms with E-state index in [9.17, 15) is 0 Å². The minimum absolute atomic E-state index is 1.20. The van der Waals surface area contributed by atoms with Gasteiger partial charge in [0.15, 0.2) is 8.96 Å². The van der Waals surface area contributed by atoms with Crippen molar-refractivity contribution in [2.45, 2.75) is 0 Å². The first-order chi connectivity index (χ1) is 6.83. The van der Waals surface area contributed by atoms with Crippen molar-refractivity contribution >= 4 is 15.0 Å². The summed E-state index contributed by atoms with van der Waals surface area (Å²) in [4.78, 5) is 0. The minimum Gasteiger partial charge on any atom is -0.347 e. The van der Waals surface area contributed by atoms with Gasteiger partial charge in [0.1, 0.15) is 0 Å². The third-order valence-corrected chi connectivity index (χ3v) is 3.08. The zero-order chi connectivity index (χ0) is 10.2. The number of rotatable bonds is 4. The summed E-state index contributed by atoms with van der Waals surface area (Å²) in [5, 5.41) is 5.93. The maximum atomic E-state index is 5.93. The van der Waals surface area contributed by atoms with Crippen LogP contribution in [0.5, 0.6) is 0 Å². The van der Waals surface area contributed by atoms with Crippen LogP contribution in [0.4, 0.5) is 0 Å². The lowest BCUT2D eigenvalue weighted by atomic mass is 10.2. The highest BCUT2D eigenvalue weighted by molar-refractivity contribution is 6.66. The first-order valence-corrected chi connectivity index (χ1v) is 6.61. The van der Waals surface area contributed by atoms with Crippen LogP contribution in [-0.2, 0) is 0 Å². The van der Waals surface area contributed by atoms with E-state index < -0.39 is 8.96 Å². The summed E-state index contributed by atoms with van der Waals surface area (Å²) in [5.74, 6) is 0. The molecular formula is C12H15NSi. The van der Waals surface area contributed by atoms with Gasteiger partial charge in [0.2, 0.25) is 0 Å². The average molecular weight is 201 g/mol. The van der Waals surface area contributed by atoms with Crippen LogP contribution in [-0.4, -0.2) is 8.96 Å². The van der Waals surface area contributed by atoms with E-state index in [0.717, 1.165) is 0 Å². The summed E-state index contributed by atoms with van der Waals surface area (Å²) in [5.41, 5.74) is 5.32. The summed E-state index contributed by atoms with van der Waals surface area (Å²) in [6.45, 7) is 3.61. The van der Waals surface area contributed by atoms with Crippen LogP contribution >= 0.6 is 0 Å². The number of allylic oxidation sites excluding steroid dienone is 2. The van der Waals surface area contributed by atoms with E-state index in [1.165, 1.54) is 5.56 Å². The largest absolute Gasteiger partial charge is 0.347 e. The van der Waals surface area contributed by atoms with Crippen molar-refractivity contribution in [2.75, 3.05) is 0 Å². The molecule has 72 valence electrons. The second-order valence-corrected chi connectivity index (χ2v) is 4.89. The molecule has 1 nitrogen and oxygen atoms in total. The highest BCUT2D eigenvalue weighted by Crippen LogP contribution is 2.00. The summed E-state index contributed by atoms with van der Waals surface area (Å²) in [6, 6.07) is 10.2. The monoisotopic (exact) mass is 201 g/mol. The molecule has 0 saturated carbocycles. The molecule has 0 heterocycles. The molecule has 1 unspecified atom stereocenters. The smallest absolute Gasteiger partial charge is 0.156 e. The van der Waals surface area contributed by atoms with Crippen molar-refractivity contribution in [3.05, 3.63) is 66.0 Å². The zero-order valence-electron chi connectivity index (χ0n) is 8.14. The van der Waals surface area contributed by atoms with E-state index in [1.807, 2.05) is 30.0 Å². The standard InChI is InChI=1S/C12H15NSi/c1-2-3-10-14(13)11-9-12-7-5-4-6-8-12/h2-11,14H,1,13H2. The normalized spacial score (nSPS) is 13.5. The van der Waals surface area contributed by atoms with E-state index >= 15 is 0 Å². The maximum Gasteiger partial charge on any atom is 0.156 e. The summed E-state index contributed by atoms with van der Waals surface area (Å²) in [6.07, 6.45) is 5.74. The molecule has 1 atom stereocenters. The summed E-state index contributed by atoms with van der Waals surface area (Å²) in [7, 11) is -1.32. The molecule has 1 rings (SSSR count). The molecule has 0 amide bonds. The van der Waals surface area contributed by atoms with Crippen molar-refractivity contribution in [2.24, 2.45) is 5.40 Å². The van der Waals surface area contributed by atoms with Gasteiger partial charge in [-0.1, -0.05) is 66.5 Å². The molecule has 0 aromatic heterocycles. The van der Waals surface area contributed by atoms with Gasteiger partial charge in [0.05, 0.1) is 0 Å². The van der Waals surface area contributed by atoms with Gasteiger partial charge < -0.3 is 5.40 Å². The topological polar surface area (TPSA) is 26.0 Å². The van der Waals surface area contributed by atoms with Crippen molar-refractivity contribution in [3.63, 3.8) is 0 Å². The van der Waals surface area contributed by atoms with Crippen LogP contribution in [0.1, 0.15) is 5.56 Å². The van der Waals surface area contributed by atoms with Crippen molar-refractivity contribution in [1.29, 1.82) is 0 Å². The van der Waals surface area contributed by atoms with E-state index in [4.69, 9.17) is 5.40 Å². The van der Waals surface area contributed by atoms with E-state index in [2.05, 4.69) is 30.5 Å². The van der Waals surface area contributed by atoms with Gasteiger partial charge >= 0.3 is 0 Å². The Kier molecular flexibility index (Phi) is 4.68. The first kappa shape index (κ1) is 10.7. The molecule has 1 aromatic carbocycles. The van der Waals surface area contributed by atoms with Gasteiger partial charge in [-0.15, -0.1) is 0 Å². The molecule has 1 aromatic rings. The van der Waals surface area contributed by atoms with Gasteiger partial charge in [-0.05, 0) is 5.56 Å². The van der Waals surface area contributed by atoms with Crippen molar-refractivity contribution < 1.29 is 0 Å². The Labute approximate surface area is 86.9 Å². The second-order valence-electron chi connectivity index (χ2n) is 2.97. The fraction of sp³-hybridized carbons (Fsp3) is 0.